The number of halogens is 3. The number of carbonyl (C=O) groups excluding carboxylic acids is 1. The van der Waals surface area contributed by atoms with Gasteiger partial charge in [0.25, 0.3) is 5.82 Å². The Bertz CT molecular complexity index is 841. The minimum Gasteiger partial charge on any atom is -0.494 e. The molecule has 8 heteroatoms. The third-order valence-corrected chi connectivity index (χ3v) is 4.67. The number of hydrogen-bond donors (Lipinski definition) is 0. The SMILES string of the molecule is CCOc1ccc(/C=C/C(=O)N2CCN(c3ccc(C(F)(F)F)c[nH+]3)CC2)cc1. The molecular formula is C21H23F3N3O2+. The van der Waals surface area contributed by atoms with Crippen molar-refractivity contribution in [3.63, 3.8) is 0 Å². The summed E-state index contributed by atoms with van der Waals surface area (Å²) in [4.78, 5) is 18.8. The van der Waals surface area contributed by atoms with Crippen LogP contribution in [0.25, 0.3) is 6.08 Å². The molecule has 154 valence electrons. The molecule has 0 unspecified atom stereocenters. The van der Waals surface area contributed by atoms with E-state index in [2.05, 4.69) is 4.98 Å². The molecule has 1 aliphatic rings. The van der Waals surface area contributed by atoms with E-state index in [4.69, 9.17) is 4.74 Å². The summed E-state index contributed by atoms with van der Waals surface area (Å²) in [6.45, 7) is 4.61. The van der Waals surface area contributed by atoms with E-state index in [9.17, 15) is 18.0 Å². The molecule has 0 saturated carbocycles. The van der Waals surface area contributed by atoms with Crippen molar-refractivity contribution in [2.45, 2.75) is 13.1 Å². The van der Waals surface area contributed by atoms with Crippen LogP contribution in [0.5, 0.6) is 5.75 Å². The van der Waals surface area contributed by atoms with Crippen LogP contribution in [0.4, 0.5) is 19.0 Å². The monoisotopic (exact) mass is 406 g/mol. The number of piperazine rings is 1. The Hall–Kier alpha value is -3.03. The van der Waals surface area contributed by atoms with Crippen LogP contribution in [-0.2, 0) is 11.0 Å². The maximum atomic E-state index is 12.7. The number of aromatic nitrogens is 1. The summed E-state index contributed by atoms with van der Waals surface area (Å²) in [6.07, 6.45) is -0.105. The summed E-state index contributed by atoms with van der Waals surface area (Å²) in [7, 11) is 0. The van der Waals surface area contributed by atoms with Crippen molar-refractivity contribution in [2.75, 3.05) is 37.7 Å². The smallest absolute Gasteiger partial charge is 0.419 e. The van der Waals surface area contributed by atoms with Crippen molar-refractivity contribution in [1.29, 1.82) is 0 Å². The molecule has 1 fully saturated rings. The number of alkyl halides is 3. The van der Waals surface area contributed by atoms with Gasteiger partial charge in [0.05, 0.1) is 25.3 Å². The fourth-order valence-electron chi connectivity index (χ4n) is 3.07. The van der Waals surface area contributed by atoms with E-state index in [0.717, 1.165) is 23.6 Å². The highest BCUT2D eigenvalue weighted by atomic mass is 19.4. The minimum atomic E-state index is -4.37. The largest absolute Gasteiger partial charge is 0.494 e. The Morgan fingerprint density at radius 2 is 1.79 bits per heavy atom. The minimum absolute atomic E-state index is 0.0880. The van der Waals surface area contributed by atoms with Gasteiger partial charge in [0.15, 0.2) is 0 Å². The van der Waals surface area contributed by atoms with Crippen LogP contribution in [-0.4, -0.2) is 43.6 Å². The maximum Gasteiger partial charge on any atom is 0.419 e. The van der Waals surface area contributed by atoms with Crippen LogP contribution in [0, 0.1) is 0 Å². The highest BCUT2D eigenvalue weighted by molar-refractivity contribution is 5.92. The van der Waals surface area contributed by atoms with E-state index in [0.29, 0.717) is 38.6 Å². The molecule has 3 rings (SSSR count). The zero-order valence-corrected chi connectivity index (χ0v) is 16.1. The summed E-state index contributed by atoms with van der Waals surface area (Å²) in [5, 5.41) is 0. The molecule has 0 aliphatic carbocycles. The van der Waals surface area contributed by atoms with Gasteiger partial charge in [-0.1, -0.05) is 12.1 Å². The first-order chi connectivity index (χ1) is 13.9. The van der Waals surface area contributed by atoms with Gasteiger partial charge in [-0.25, -0.2) is 4.98 Å². The zero-order valence-electron chi connectivity index (χ0n) is 16.1. The number of carbonyl (C=O) groups is 1. The topological polar surface area (TPSA) is 46.9 Å². The molecule has 0 bridgehead atoms. The van der Waals surface area contributed by atoms with Gasteiger partial charge in [-0.3, -0.25) is 9.69 Å². The standard InChI is InChI=1S/C21H22F3N3O2/c1-2-29-18-7-3-16(4-8-18)5-10-20(28)27-13-11-26(12-14-27)19-9-6-17(15-25-19)21(22,23)24/h3-10,15H,2,11-14H2,1H3/p+1/b10-5+. The van der Waals surface area contributed by atoms with Crippen molar-refractivity contribution < 1.29 is 27.7 Å². The second-order valence-corrected chi connectivity index (χ2v) is 6.61. The van der Waals surface area contributed by atoms with Crippen LogP contribution in [0.2, 0.25) is 0 Å². The fraction of sp³-hybridized carbons (Fsp3) is 0.333. The molecule has 1 aromatic heterocycles. The Morgan fingerprint density at radius 1 is 1.10 bits per heavy atom. The second kappa shape index (κ2) is 8.98. The fourth-order valence-corrected chi connectivity index (χ4v) is 3.07. The lowest BCUT2D eigenvalue weighted by Gasteiger charge is -2.30. The Labute approximate surface area is 167 Å². The molecule has 0 atom stereocenters. The van der Waals surface area contributed by atoms with Crippen molar-refractivity contribution in [3.8, 4) is 5.75 Å². The van der Waals surface area contributed by atoms with E-state index < -0.39 is 11.7 Å². The molecule has 1 aliphatic heterocycles. The number of pyridine rings is 1. The lowest BCUT2D eigenvalue weighted by molar-refractivity contribution is -0.367. The van der Waals surface area contributed by atoms with E-state index in [1.807, 2.05) is 36.1 Å². The normalized spacial score (nSPS) is 15.0. The highest BCUT2D eigenvalue weighted by Gasteiger charge is 2.32. The van der Waals surface area contributed by atoms with E-state index in [1.54, 1.807) is 11.0 Å². The highest BCUT2D eigenvalue weighted by Crippen LogP contribution is 2.28. The summed E-state index contributed by atoms with van der Waals surface area (Å²) >= 11 is 0. The number of anilines is 1. The number of nitrogens with one attached hydrogen (secondary N) is 1. The molecule has 0 radical (unpaired) electrons. The molecule has 29 heavy (non-hydrogen) atoms. The third kappa shape index (κ3) is 5.49. The van der Waals surface area contributed by atoms with Gasteiger partial charge in [0.1, 0.15) is 25.0 Å². The Balaban J connectivity index is 1.52. The van der Waals surface area contributed by atoms with Crippen LogP contribution in [0.1, 0.15) is 18.1 Å². The van der Waals surface area contributed by atoms with Crippen LogP contribution < -0.4 is 14.6 Å². The molecule has 2 heterocycles. The summed E-state index contributed by atoms with van der Waals surface area (Å²) in [5.74, 6) is 1.30. The summed E-state index contributed by atoms with van der Waals surface area (Å²) in [5.41, 5.74) is 0.189. The molecule has 2 aromatic rings. The average Bonchev–Trinajstić information content (AvgIpc) is 2.73. The lowest BCUT2D eigenvalue weighted by Crippen LogP contribution is -2.49. The van der Waals surface area contributed by atoms with E-state index >= 15 is 0 Å². The van der Waals surface area contributed by atoms with E-state index in [1.165, 1.54) is 12.1 Å². The first-order valence-corrected chi connectivity index (χ1v) is 9.40. The number of benzene rings is 1. The molecular weight excluding hydrogens is 383 g/mol. The zero-order chi connectivity index (χ0) is 20.9. The van der Waals surface area contributed by atoms with Gasteiger partial charge in [-0.05, 0) is 36.8 Å². The predicted octanol–water partition coefficient (Wildman–Crippen LogP) is 3.28. The van der Waals surface area contributed by atoms with Gasteiger partial charge in [0, 0.05) is 12.1 Å². The molecule has 1 amide bonds. The third-order valence-electron chi connectivity index (χ3n) is 4.67. The van der Waals surface area contributed by atoms with Gasteiger partial charge >= 0.3 is 6.18 Å². The number of nitrogens with zero attached hydrogens (tertiary/aromatic N) is 2. The predicted molar refractivity (Wildman–Crippen MR) is 103 cm³/mol. The number of rotatable bonds is 5. The number of amides is 1. The van der Waals surface area contributed by atoms with Crippen molar-refractivity contribution in [3.05, 3.63) is 59.8 Å². The lowest BCUT2D eigenvalue weighted by atomic mass is 10.2. The van der Waals surface area contributed by atoms with Gasteiger partial charge in [-0.2, -0.15) is 13.2 Å². The average molecular weight is 406 g/mol. The molecule has 1 aromatic carbocycles. The van der Waals surface area contributed by atoms with Gasteiger partial charge < -0.3 is 9.64 Å². The molecule has 5 nitrogen and oxygen atoms in total. The molecule has 1 saturated heterocycles. The van der Waals surface area contributed by atoms with Crippen LogP contribution in [0.15, 0.2) is 48.7 Å². The molecule has 0 spiro atoms. The quantitative estimate of drug-likeness (QED) is 0.716. The van der Waals surface area contributed by atoms with Crippen molar-refractivity contribution in [1.82, 2.24) is 4.90 Å². The van der Waals surface area contributed by atoms with Crippen molar-refractivity contribution >= 4 is 17.8 Å². The number of hydrogen-bond acceptors (Lipinski definition) is 3. The van der Waals surface area contributed by atoms with Crippen LogP contribution >= 0.6 is 0 Å². The maximum absolute atomic E-state index is 12.7. The van der Waals surface area contributed by atoms with Gasteiger partial charge in [-0.15, -0.1) is 0 Å². The first-order valence-electron chi connectivity index (χ1n) is 9.40. The summed E-state index contributed by atoms with van der Waals surface area (Å²) in [6, 6.07) is 9.95. The van der Waals surface area contributed by atoms with Crippen molar-refractivity contribution in [2.24, 2.45) is 0 Å². The van der Waals surface area contributed by atoms with Crippen LogP contribution in [0.3, 0.4) is 0 Å². The Morgan fingerprint density at radius 3 is 2.34 bits per heavy atom. The number of H-pyrrole nitrogens is 1. The van der Waals surface area contributed by atoms with E-state index in [-0.39, 0.29) is 5.91 Å². The molecule has 1 N–H and O–H groups in total. The second-order valence-electron chi connectivity index (χ2n) is 6.61. The Kier molecular flexibility index (Phi) is 6.41. The summed E-state index contributed by atoms with van der Waals surface area (Å²) < 4.78 is 43.4. The first kappa shape index (κ1) is 20.7. The number of aromatic amines is 1. The van der Waals surface area contributed by atoms with Gasteiger partial charge in [0.2, 0.25) is 5.91 Å². The number of ether oxygens (including phenoxy) is 1.